The highest BCUT2D eigenvalue weighted by Crippen LogP contribution is 2.27. The molecule has 0 spiro atoms. The molecule has 3 aromatic rings. The van der Waals surface area contributed by atoms with E-state index in [0.717, 1.165) is 14.8 Å². The fourth-order valence-electron chi connectivity index (χ4n) is 2.49. The zero-order valence-electron chi connectivity index (χ0n) is 15.8. The number of hydrogen-bond acceptors (Lipinski definition) is 6. The van der Waals surface area contributed by atoms with Gasteiger partial charge in [0.15, 0.2) is 6.61 Å². The Kier molecular flexibility index (Phi) is 7.79. The number of amides is 1. The van der Waals surface area contributed by atoms with E-state index in [4.69, 9.17) is 20.8 Å². The Hall–Kier alpha value is -1.78. The molecule has 1 N–H and O–H groups in total. The predicted molar refractivity (Wildman–Crippen MR) is 123 cm³/mol. The molecular formula is C20H19ClIN3O3S. The lowest BCUT2D eigenvalue weighted by Gasteiger charge is -2.14. The van der Waals surface area contributed by atoms with Gasteiger partial charge in [0.1, 0.15) is 5.75 Å². The average Bonchev–Trinajstić information content (AvgIpc) is 3.15. The number of ether oxygens (including phenoxy) is 1. The lowest BCUT2D eigenvalue weighted by Crippen LogP contribution is -2.15. The van der Waals surface area contributed by atoms with E-state index in [1.165, 1.54) is 11.8 Å². The summed E-state index contributed by atoms with van der Waals surface area (Å²) >= 11 is 9.49. The van der Waals surface area contributed by atoms with Crippen molar-refractivity contribution in [2.75, 3.05) is 11.1 Å². The molecule has 9 heteroatoms. The summed E-state index contributed by atoms with van der Waals surface area (Å²) in [6.07, 6.45) is 0. The molecule has 2 aromatic carbocycles. The van der Waals surface area contributed by atoms with E-state index in [1.54, 1.807) is 12.1 Å². The largest absolute Gasteiger partial charge is 0.482 e. The van der Waals surface area contributed by atoms with Gasteiger partial charge in [0.25, 0.3) is 11.1 Å². The molecule has 1 amide bonds. The molecular weight excluding hydrogens is 525 g/mol. The Bertz CT molecular complexity index is 997. The topological polar surface area (TPSA) is 77.2 Å². The number of anilines is 1. The number of para-hydroxylation sites is 1. The van der Waals surface area contributed by atoms with Crippen LogP contribution in [0.1, 0.15) is 31.2 Å². The fraction of sp³-hybridized carbons (Fsp3) is 0.250. The third-order valence-electron chi connectivity index (χ3n) is 3.87. The summed E-state index contributed by atoms with van der Waals surface area (Å²) in [6, 6.07) is 13.1. The number of aromatic nitrogens is 2. The van der Waals surface area contributed by atoms with Crippen LogP contribution in [-0.2, 0) is 11.4 Å². The first-order chi connectivity index (χ1) is 13.9. The molecule has 0 atom stereocenters. The van der Waals surface area contributed by atoms with E-state index in [1.807, 2.05) is 24.3 Å². The molecule has 0 saturated heterocycles. The van der Waals surface area contributed by atoms with Crippen LogP contribution in [0.2, 0.25) is 5.02 Å². The van der Waals surface area contributed by atoms with Crippen molar-refractivity contribution in [3.63, 3.8) is 0 Å². The molecule has 6 nitrogen and oxygen atoms in total. The summed E-state index contributed by atoms with van der Waals surface area (Å²) in [5.41, 5.74) is 1.93. The Balaban J connectivity index is 1.52. The quantitative estimate of drug-likeness (QED) is 0.288. The minimum atomic E-state index is -0.134. The van der Waals surface area contributed by atoms with Gasteiger partial charge in [-0.25, -0.2) is 0 Å². The van der Waals surface area contributed by atoms with Crippen LogP contribution in [0.25, 0.3) is 0 Å². The second kappa shape index (κ2) is 10.3. The molecule has 0 fully saturated rings. The smallest absolute Gasteiger partial charge is 0.277 e. The fourth-order valence-corrected chi connectivity index (χ4v) is 3.78. The van der Waals surface area contributed by atoms with Gasteiger partial charge in [-0.2, -0.15) is 0 Å². The van der Waals surface area contributed by atoms with E-state index in [9.17, 15) is 4.79 Å². The monoisotopic (exact) mass is 543 g/mol. The van der Waals surface area contributed by atoms with Gasteiger partial charge in [-0.3, -0.25) is 4.79 Å². The highest BCUT2D eigenvalue weighted by molar-refractivity contribution is 14.1. The van der Waals surface area contributed by atoms with Gasteiger partial charge >= 0.3 is 0 Å². The molecule has 3 rings (SSSR count). The number of thioether (sulfide) groups is 1. The van der Waals surface area contributed by atoms with E-state index in [2.05, 4.69) is 58.0 Å². The van der Waals surface area contributed by atoms with Crippen molar-refractivity contribution in [2.45, 2.75) is 31.6 Å². The van der Waals surface area contributed by atoms with Crippen molar-refractivity contribution >= 4 is 57.5 Å². The number of benzene rings is 2. The number of hydrogen-bond donors (Lipinski definition) is 1. The first-order valence-corrected chi connectivity index (χ1v) is 11.3. The van der Waals surface area contributed by atoms with Gasteiger partial charge in [-0.15, -0.1) is 10.2 Å². The molecule has 1 heterocycles. The van der Waals surface area contributed by atoms with Crippen molar-refractivity contribution in [1.29, 1.82) is 0 Å². The van der Waals surface area contributed by atoms with Crippen LogP contribution < -0.4 is 10.1 Å². The van der Waals surface area contributed by atoms with Gasteiger partial charge < -0.3 is 14.5 Å². The van der Waals surface area contributed by atoms with Gasteiger partial charge in [0, 0.05) is 9.26 Å². The molecule has 29 heavy (non-hydrogen) atoms. The highest BCUT2D eigenvalue weighted by Gasteiger charge is 2.13. The first-order valence-electron chi connectivity index (χ1n) is 8.84. The normalized spacial score (nSPS) is 10.9. The minimum Gasteiger partial charge on any atom is -0.482 e. The maximum Gasteiger partial charge on any atom is 0.277 e. The predicted octanol–water partition coefficient (Wildman–Crippen LogP) is 5.76. The molecule has 0 aliphatic carbocycles. The number of nitrogens with zero attached hydrogens (tertiary/aromatic N) is 2. The van der Waals surface area contributed by atoms with Crippen molar-refractivity contribution in [2.24, 2.45) is 0 Å². The minimum absolute atomic E-state index is 0.101. The van der Waals surface area contributed by atoms with Gasteiger partial charge in [0.2, 0.25) is 5.91 Å². The van der Waals surface area contributed by atoms with Crippen molar-refractivity contribution in [3.05, 3.63) is 62.5 Å². The summed E-state index contributed by atoms with van der Waals surface area (Å²) in [5, 5.41) is 11.6. The Morgan fingerprint density at radius 2 is 2.07 bits per heavy atom. The standard InChI is InChI=1S/C20H19ClIN3O3S/c1-12(2)14-9-13(22)7-8-16(14)23-18(26)11-29-20-25-24-19(28-20)10-27-17-6-4-3-5-15(17)21/h3-9,12H,10-11H2,1-2H3,(H,23,26). The van der Waals surface area contributed by atoms with Crippen LogP contribution in [0, 0.1) is 3.57 Å². The average molecular weight is 544 g/mol. The molecule has 0 unspecified atom stereocenters. The van der Waals surface area contributed by atoms with E-state index in [0.29, 0.717) is 27.8 Å². The van der Waals surface area contributed by atoms with Crippen LogP contribution in [0.4, 0.5) is 5.69 Å². The Labute approximate surface area is 191 Å². The maximum atomic E-state index is 12.3. The zero-order valence-corrected chi connectivity index (χ0v) is 19.5. The number of nitrogens with one attached hydrogen (secondary N) is 1. The number of rotatable bonds is 8. The third kappa shape index (κ3) is 6.35. The van der Waals surface area contributed by atoms with Gasteiger partial charge in [0.05, 0.1) is 10.8 Å². The second-order valence-electron chi connectivity index (χ2n) is 6.40. The molecule has 0 bridgehead atoms. The summed E-state index contributed by atoms with van der Waals surface area (Å²) in [5.74, 6) is 1.19. The molecule has 0 aliphatic heterocycles. The molecule has 1 aromatic heterocycles. The summed E-state index contributed by atoms with van der Waals surface area (Å²) in [6.45, 7) is 4.30. The van der Waals surface area contributed by atoms with Gasteiger partial charge in [-0.05, 0) is 64.4 Å². The summed E-state index contributed by atoms with van der Waals surface area (Å²) in [7, 11) is 0. The first kappa shape index (κ1) is 21.9. The summed E-state index contributed by atoms with van der Waals surface area (Å²) in [4.78, 5) is 12.3. The Morgan fingerprint density at radius 1 is 1.28 bits per heavy atom. The number of halogens is 2. The van der Waals surface area contributed by atoms with Crippen LogP contribution in [0.15, 0.2) is 52.1 Å². The Morgan fingerprint density at radius 3 is 2.83 bits per heavy atom. The van der Waals surface area contributed by atoms with Crippen LogP contribution in [0.3, 0.4) is 0 Å². The molecule has 0 radical (unpaired) electrons. The maximum absolute atomic E-state index is 12.3. The number of carbonyl (C=O) groups is 1. The van der Waals surface area contributed by atoms with E-state index in [-0.39, 0.29) is 18.3 Å². The number of carbonyl (C=O) groups excluding carboxylic acids is 1. The zero-order chi connectivity index (χ0) is 20.8. The summed E-state index contributed by atoms with van der Waals surface area (Å²) < 4.78 is 12.2. The molecule has 0 aliphatic rings. The third-order valence-corrected chi connectivity index (χ3v) is 5.67. The highest BCUT2D eigenvalue weighted by atomic mass is 127. The second-order valence-corrected chi connectivity index (χ2v) is 8.98. The van der Waals surface area contributed by atoms with Crippen LogP contribution in [-0.4, -0.2) is 21.9 Å². The van der Waals surface area contributed by atoms with Crippen LogP contribution >= 0.6 is 46.0 Å². The van der Waals surface area contributed by atoms with Crippen molar-refractivity contribution in [3.8, 4) is 5.75 Å². The lowest BCUT2D eigenvalue weighted by molar-refractivity contribution is -0.113. The van der Waals surface area contributed by atoms with Crippen molar-refractivity contribution in [1.82, 2.24) is 10.2 Å². The van der Waals surface area contributed by atoms with Crippen LogP contribution in [0.5, 0.6) is 5.75 Å². The molecule has 152 valence electrons. The SMILES string of the molecule is CC(C)c1cc(I)ccc1NC(=O)CSc1nnc(COc2ccccc2Cl)o1. The van der Waals surface area contributed by atoms with Gasteiger partial charge in [-0.1, -0.05) is 49.3 Å². The molecule has 0 saturated carbocycles. The van der Waals surface area contributed by atoms with E-state index < -0.39 is 0 Å². The van der Waals surface area contributed by atoms with Crippen molar-refractivity contribution < 1.29 is 13.9 Å². The van der Waals surface area contributed by atoms with E-state index >= 15 is 0 Å². The lowest BCUT2D eigenvalue weighted by atomic mass is 10.0.